The van der Waals surface area contributed by atoms with Crippen LogP contribution in [0.5, 0.6) is 0 Å². The van der Waals surface area contributed by atoms with Gasteiger partial charge < -0.3 is 128 Å². The SMILES string of the molecule is CC1C2C(CC3C4CC=C5C[C@@H](O[C@H]6O[C@@H](CO)[C@@H](O[C@H]7O[C@@H](CO)[C@H](O)[C@@H](O[C@@H]8OC[C@@H](O)[C@H](O)[C@H]8O)[C@@H]7O[C@H]7O[C@@H](CO)[C@H](O[C@@H]8O[C@@H](C)[C@H](O)[C@@H](O)[C@H]8O)[C@@H](O)[C@@H]7O)[C@@H](O)[C@@H]6O)CC[C@]5(C)C4CC[C@@]32C)O[C@]12CC[C@@H](C)CO2. The molecule has 10 fully saturated rings. The molecule has 0 amide bonds. The van der Waals surface area contributed by atoms with Crippen LogP contribution in [0.25, 0.3) is 0 Å². The molecule has 0 bridgehead atoms. The summed E-state index contributed by atoms with van der Waals surface area (Å²) in [6.45, 7) is 8.38. The first-order valence-corrected chi connectivity index (χ1v) is 29.8. The van der Waals surface area contributed by atoms with Crippen LogP contribution in [0, 0.1) is 46.3 Å². The van der Waals surface area contributed by atoms with Gasteiger partial charge in [0.05, 0.1) is 51.3 Å². The minimum Gasteiger partial charge on any atom is -0.394 e. The van der Waals surface area contributed by atoms with Crippen molar-refractivity contribution in [3.63, 3.8) is 0 Å². The molecule has 470 valence electrons. The van der Waals surface area contributed by atoms with Crippen LogP contribution in [-0.2, 0) is 56.8 Å². The lowest BCUT2D eigenvalue weighted by Crippen LogP contribution is -2.69. The van der Waals surface area contributed by atoms with Crippen LogP contribution in [0.15, 0.2) is 11.6 Å². The maximum Gasteiger partial charge on any atom is 0.187 e. The van der Waals surface area contributed by atoms with E-state index in [1.165, 1.54) is 12.5 Å². The topological polar surface area (TPSA) is 394 Å². The Morgan fingerprint density at radius 1 is 0.537 bits per heavy atom. The summed E-state index contributed by atoms with van der Waals surface area (Å²) in [5, 5.41) is 153. The normalized spacial score (nSPS) is 56.9. The highest BCUT2D eigenvalue weighted by Crippen LogP contribution is 2.71. The lowest BCUT2D eigenvalue weighted by Gasteiger charge is -2.58. The van der Waals surface area contributed by atoms with Gasteiger partial charge in [-0.25, -0.2) is 0 Å². The summed E-state index contributed by atoms with van der Waals surface area (Å²) in [6, 6.07) is 0. The van der Waals surface area contributed by atoms with Gasteiger partial charge in [0.1, 0.15) is 110 Å². The van der Waals surface area contributed by atoms with Crippen molar-refractivity contribution < 1.29 is 128 Å². The average Bonchev–Trinajstić information content (AvgIpc) is 2.33. The maximum atomic E-state index is 12.0. The Hall–Kier alpha value is -1.30. The first kappa shape index (κ1) is 62.3. The summed E-state index contributed by atoms with van der Waals surface area (Å²) in [6.07, 6.45) is -31.8. The first-order valence-electron chi connectivity index (χ1n) is 29.8. The van der Waals surface area contributed by atoms with Gasteiger partial charge in [-0.3, -0.25) is 0 Å². The maximum absolute atomic E-state index is 12.0. The minimum atomic E-state index is -2.14. The summed E-state index contributed by atoms with van der Waals surface area (Å²) in [5.74, 6) is 2.32. The van der Waals surface area contributed by atoms with Crippen LogP contribution in [0.2, 0.25) is 0 Å². The number of fused-ring (bicyclic) bond motifs is 7. The van der Waals surface area contributed by atoms with E-state index < -0.39 is 186 Å². The fourth-order valence-corrected chi connectivity index (χ4v) is 16.7. The second-order valence-corrected chi connectivity index (χ2v) is 26.2. The van der Waals surface area contributed by atoms with Crippen molar-refractivity contribution in [3.8, 4) is 0 Å². The molecule has 82 heavy (non-hydrogen) atoms. The Morgan fingerprint density at radius 2 is 1.12 bits per heavy atom. The lowest BCUT2D eigenvalue weighted by molar-refractivity contribution is -0.408. The van der Waals surface area contributed by atoms with Gasteiger partial charge in [-0.05, 0) is 98.7 Å². The van der Waals surface area contributed by atoms with Gasteiger partial charge in [0.2, 0.25) is 0 Å². The fraction of sp³-hybridized carbons (Fsp3) is 0.964. The quantitative estimate of drug-likeness (QED) is 0.0796. The van der Waals surface area contributed by atoms with Crippen LogP contribution >= 0.6 is 0 Å². The molecule has 26 nitrogen and oxygen atoms in total. The fourth-order valence-electron chi connectivity index (χ4n) is 16.7. The molecule has 7 aliphatic heterocycles. The lowest BCUT2D eigenvalue weighted by atomic mass is 9.47. The van der Waals surface area contributed by atoms with E-state index in [2.05, 4.69) is 33.8 Å². The van der Waals surface area contributed by atoms with E-state index in [1.54, 1.807) is 0 Å². The molecule has 6 unspecified atom stereocenters. The molecule has 1 spiro atoms. The molecule has 0 aromatic carbocycles. The number of aliphatic hydroxyl groups excluding tert-OH is 14. The third kappa shape index (κ3) is 10.8. The third-order valence-electron chi connectivity index (χ3n) is 21.5. The van der Waals surface area contributed by atoms with Crippen molar-refractivity contribution in [2.45, 2.75) is 258 Å². The van der Waals surface area contributed by atoms with Gasteiger partial charge in [-0.2, -0.15) is 0 Å². The van der Waals surface area contributed by atoms with Gasteiger partial charge in [0.15, 0.2) is 37.2 Å². The molecule has 14 N–H and O–H groups in total. The molecular formula is C56H90O26. The number of allylic oxidation sites excluding steroid dienone is 1. The van der Waals surface area contributed by atoms with Gasteiger partial charge in [0.25, 0.3) is 0 Å². The molecule has 7 saturated heterocycles. The molecule has 11 rings (SSSR count). The predicted molar refractivity (Wildman–Crippen MR) is 273 cm³/mol. The highest BCUT2D eigenvalue weighted by Gasteiger charge is 2.69. The van der Waals surface area contributed by atoms with Crippen molar-refractivity contribution in [1.29, 1.82) is 0 Å². The molecule has 0 radical (unpaired) electrons. The second-order valence-electron chi connectivity index (χ2n) is 26.2. The molecule has 35 atom stereocenters. The Kier molecular flexibility index (Phi) is 18.4. The zero-order valence-electron chi connectivity index (χ0n) is 47.1. The summed E-state index contributed by atoms with van der Waals surface area (Å²) >= 11 is 0. The smallest absolute Gasteiger partial charge is 0.187 e. The summed E-state index contributed by atoms with van der Waals surface area (Å²) in [7, 11) is 0. The van der Waals surface area contributed by atoms with Crippen LogP contribution in [0.3, 0.4) is 0 Å². The largest absolute Gasteiger partial charge is 0.394 e. The second kappa shape index (κ2) is 24.2. The highest BCUT2D eigenvalue weighted by molar-refractivity contribution is 5.26. The number of hydrogen-bond acceptors (Lipinski definition) is 26. The van der Waals surface area contributed by atoms with Crippen LogP contribution in [0.4, 0.5) is 0 Å². The van der Waals surface area contributed by atoms with E-state index in [1.807, 2.05) is 0 Å². The van der Waals surface area contributed by atoms with Gasteiger partial charge >= 0.3 is 0 Å². The van der Waals surface area contributed by atoms with Gasteiger partial charge in [-0.15, -0.1) is 0 Å². The zero-order valence-corrected chi connectivity index (χ0v) is 47.1. The number of rotatable bonds is 13. The van der Waals surface area contributed by atoms with Crippen LogP contribution in [-0.4, -0.2) is 270 Å². The monoisotopic (exact) mass is 1180 g/mol. The summed E-state index contributed by atoms with van der Waals surface area (Å²) in [4.78, 5) is 0. The van der Waals surface area contributed by atoms with Gasteiger partial charge in [-0.1, -0.05) is 39.3 Å². The van der Waals surface area contributed by atoms with Crippen LogP contribution in [0.1, 0.15) is 92.4 Å². The van der Waals surface area contributed by atoms with E-state index in [9.17, 15) is 71.5 Å². The first-order chi connectivity index (χ1) is 39.0. The average molecular weight is 1180 g/mol. The zero-order chi connectivity index (χ0) is 58.6. The van der Waals surface area contributed by atoms with Gasteiger partial charge in [0, 0.05) is 12.3 Å². The highest BCUT2D eigenvalue weighted by atomic mass is 16.8. The van der Waals surface area contributed by atoms with Crippen molar-refractivity contribution in [1.82, 2.24) is 0 Å². The Labute approximate surface area is 476 Å². The number of aliphatic hydroxyl groups is 14. The molecule has 3 saturated carbocycles. The van der Waals surface area contributed by atoms with Crippen molar-refractivity contribution in [2.75, 3.05) is 33.0 Å². The molecule has 0 aromatic rings. The molecule has 26 heteroatoms. The van der Waals surface area contributed by atoms with Crippen LogP contribution < -0.4 is 0 Å². The molecule has 11 aliphatic rings. The van der Waals surface area contributed by atoms with E-state index in [4.69, 9.17) is 56.8 Å². The van der Waals surface area contributed by atoms with E-state index in [0.29, 0.717) is 48.3 Å². The number of hydrogen-bond donors (Lipinski definition) is 14. The predicted octanol–water partition coefficient (Wildman–Crippen LogP) is -3.50. The van der Waals surface area contributed by atoms with Crippen molar-refractivity contribution in [2.24, 2.45) is 46.3 Å². The summed E-state index contributed by atoms with van der Waals surface area (Å²) < 4.78 is 73.4. The molecule has 4 aliphatic carbocycles. The summed E-state index contributed by atoms with van der Waals surface area (Å²) in [5.41, 5.74) is 1.37. The third-order valence-corrected chi connectivity index (χ3v) is 21.5. The molecule has 7 heterocycles. The minimum absolute atomic E-state index is 0.0773. The standard InChI is InChI=1S/C56H90O26/c1-21-8-13-56(72-19-21)22(2)34-30(82-56)15-28-26-7-6-24-14-25(9-11-54(24,4)27(26)10-12-55(28,34)5)74-51-43(69)39(65)46(33(18-59)76-51)79-53-48(47(37(63)31(16-57)75-53)80-49-41(67)36(62)29(60)20-71-49)81-52-44(70)40(66)45(32(17-58)77-52)78-50-42(68)38(64)35(61)23(3)73-50/h6,21-23,25-53,57-70H,7-20H2,1-5H3/t21-,22?,23+,25+,26?,27?,28?,29-,30?,31+,32+,33+,34?,35+,36+,37+,38-,39+,40+,41-,42-,43+,44+,45+,46-,47-,48+,49+,50+,51+,52-,53-,54+,55+,56-/m1/s1. The number of ether oxygens (including phenoxy) is 12. The van der Waals surface area contributed by atoms with Crippen molar-refractivity contribution >= 4 is 0 Å². The van der Waals surface area contributed by atoms with Crippen molar-refractivity contribution in [3.05, 3.63) is 11.6 Å². The Balaban J connectivity index is 0.781. The van der Waals surface area contributed by atoms with E-state index >= 15 is 0 Å². The molecular weight excluding hydrogens is 1090 g/mol. The van der Waals surface area contributed by atoms with E-state index in [0.717, 1.165) is 51.6 Å². The molecule has 0 aromatic heterocycles. The Morgan fingerprint density at radius 3 is 1.77 bits per heavy atom. The van der Waals surface area contributed by atoms with E-state index in [-0.39, 0.29) is 16.9 Å². The Bertz CT molecular complexity index is 2190.